The monoisotopic (exact) mass is 396 g/mol. The number of hydrogen-bond acceptors (Lipinski definition) is 6. The molecule has 28 heavy (non-hydrogen) atoms. The van der Waals surface area contributed by atoms with Crippen molar-refractivity contribution < 1.29 is 14.3 Å². The lowest BCUT2D eigenvalue weighted by Gasteiger charge is -2.06. The van der Waals surface area contributed by atoms with Crippen LogP contribution in [0.5, 0.6) is 5.75 Å². The number of hydrogen-bond donors (Lipinski definition) is 2. The molecule has 3 rings (SSSR count). The Morgan fingerprint density at radius 3 is 2.68 bits per heavy atom. The SMILES string of the molecule is COc1cccc(C(=O)NCCC(=O)Nc2nnc(Cc3ccccc3)s2)c1. The molecule has 0 spiro atoms. The second-order valence-electron chi connectivity index (χ2n) is 5.95. The Labute approximate surface area is 166 Å². The van der Waals surface area contributed by atoms with Gasteiger partial charge in [-0.25, -0.2) is 0 Å². The lowest BCUT2D eigenvalue weighted by molar-refractivity contribution is -0.116. The van der Waals surface area contributed by atoms with Crippen LogP contribution < -0.4 is 15.4 Å². The normalized spacial score (nSPS) is 10.3. The zero-order chi connectivity index (χ0) is 19.8. The highest BCUT2D eigenvalue weighted by Gasteiger charge is 2.10. The standard InChI is InChI=1S/C20H20N4O3S/c1-27-16-9-5-8-15(13-16)19(26)21-11-10-17(25)22-20-24-23-18(28-20)12-14-6-3-2-4-7-14/h2-9,13H,10-12H2,1H3,(H,21,26)(H,22,24,25). The highest BCUT2D eigenvalue weighted by Crippen LogP contribution is 2.18. The van der Waals surface area contributed by atoms with Crippen LogP contribution in [-0.4, -0.2) is 35.7 Å². The summed E-state index contributed by atoms with van der Waals surface area (Å²) < 4.78 is 5.10. The van der Waals surface area contributed by atoms with E-state index in [9.17, 15) is 9.59 Å². The highest BCUT2D eigenvalue weighted by atomic mass is 32.1. The maximum absolute atomic E-state index is 12.1. The maximum atomic E-state index is 12.1. The van der Waals surface area contributed by atoms with E-state index in [-0.39, 0.29) is 24.8 Å². The predicted octanol–water partition coefficient (Wildman–Crippen LogP) is 2.90. The quantitative estimate of drug-likeness (QED) is 0.611. The molecule has 0 aliphatic carbocycles. The van der Waals surface area contributed by atoms with E-state index in [1.54, 1.807) is 31.4 Å². The minimum atomic E-state index is -0.257. The van der Waals surface area contributed by atoms with Crippen molar-refractivity contribution in [3.63, 3.8) is 0 Å². The van der Waals surface area contributed by atoms with E-state index in [0.717, 1.165) is 10.6 Å². The third kappa shape index (κ3) is 5.62. The summed E-state index contributed by atoms with van der Waals surface area (Å²) in [6.07, 6.45) is 0.814. The van der Waals surface area contributed by atoms with Crippen LogP contribution in [0.15, 0.2) is 54.6 Å². The van der Waals surface area contributed by atoms with Gasteiger partial charge in [0, 0.05) is 24.9 Å². The van der Waals surface area contributed by atoms with Crippen LogP contribution in [0.2, 0.25) is 0 Å². The number of anilines is 1. The number of aromatic nitrogens is 2. The summed E-state index contributed by atoms with van der Waals surface area (Å²) in [5.41, 5.74) is 1.62. The van der Waals surface area contributed by atoms with Crippen LogP contribution >= 0.6 is 11.3 Å². The molecule has 2 amide bonds. The van der Waals surface area contributed by atoms with Gasteiger partial charge in [0.05, 0.1) is 7.11 Å². The van der Waals surface area contributed by atoms with E-state index in [1.807, 2.05) is 30.3 Å². The van der Waals surface area contributed by atoms with Crippen LogP contribution in [-0.2, 0) is 11.2 Å². The van der Waals surface area contributed by atoms with Gasteiger partial charge in [0.25, 0.3) is 5.91 Å². The molecule has 7 nitrogen and oxygen atoms in total. The number of amides is 2. The van der Waals surface area contributed by atoms with Gasteiger partial charge >= 0.3 is 0 Å². The van der Waals surface area contributed by atoms with Gasteiger partial charge in [-0.2, -0.15) is 0 Å². The van der Waals surface area contributed by atoms with Crippen molar-refractivity contribution in [2.24, 2.45) is 0 Å². The Hall–Kier alpha value is -3.26. The van der Waals surface area contributed by atoms with Crippen molar-refractivity contribution in [1.82, 2.24) is 15.5 Å². The predicted molar refractivity (Wildman–Crippen MR) is 108 cm³/mol. The number of nitrogens with one attached hydrogen (secondary N) is 2. The van der Waals surface area contributed by atoms with E-state index >= 15 is 0 Å². The molecule has 0 radical (unpaired) electrons. The van der Waals surface area contributed by atoms with Crippen molar-refractivity contribution in [3.05, 3.63) is 70.7 Å². The molecule has 0 aliphatic rings. The van der Waals surface area contributed by atoms with Gasteiger partial charge in [0.1, 0.15) is 10.8 Å². The van der Waals surface area contributed by atoms with Crippen molar-refractivity contribution in [2.75, 3.05) is 19.0 Å². The number of ether oxygens (including phenoxy) is 1. The fourth-order valence-corrected chi connectivity index (χ4v) is 3.27. The molecule has 0 unspecified atom stereocenters. The summed E-state index contributed by atoms with van der Waals surface area (Å²) in [6.45, 7) is 0.220. The molecular weight excluding hydrogens is 376 g/mol. The lowest BCUT2D eigenvalue weighted by Crippen LogP contribution is -2.27. The smallest absolute Gasteiger partial charge is 0.251 e. The number of carbonyl (C=O) groups is 2. The molecule has 0 fully saturated rings. The van der Waals surface area contributed by atoms with Crippen molar-refractivity contribution in [2.45, 2.75) is 12.8 Å². The summed E-state index contributed by atoms with van der Waals surface area (Å²) in [5.74, 6) is 0.120. The summed E-state index contributed by atoms with van der Waals surface area (Å²) in [6, 6.07) is 16.8. The van der Waals surface area contributed by atoms with Gasteiger partial charge in [0.15, 0.2) is 0 Å². The first-order valence-electron chi connectivity index (χ1n) is 8.72. The molecule has 2 aromatic carbocycles. The molecule has 0 bridgehead atoms. The molecule has 8 heteroatoms. The maximum Gasteiger partial charge on any atom is 0.251 e. The molecule has 0 aliphatic heterocycles. The average molecular weight is 396 g/mol. The van der Waals surface area contributed by atoms with E-state index in [0.29, 0.717) is 22.9 Å². The zero-order valence-corrected chi connectivity index (χ0v) is 16.2. The second kappa shape index (κ2) is 9.61. The van der Waals surface area contributed by atoms with Gasteiger partial charge in [0.2, 0.25) is 11.0 Å². The zero-order valence-electron chi connectivity index (χ0n) is 15.3. The van der Waals surface area contributed by atoms with E-state index in [2.05, 4.69) is 20.8 Å². The van der Waals surface area contributed by atoms with Crippen molar-refractivity contribution in [3.8, 4) is 5.75 Å². The summed E-state index contributed by atoms with van der Waals surface area (Å²) >= 11 is 1.34. The first-order chi connectivity index (χ1) is 13.6. The van der Waals surface area contributed by atoms with Crippen LogP contribution in [0.1, 0.15) is 27.3 Å². The van der Waals surface area contributed by atoms with Crippen molar-refractivity contribution >= 4 is 28.3 Å². The summed E-state index contributed by atoms with van der Waals surface area (Å²) in [5, 5.41) is 14.8. The summed E-state index contributed by atoms with van der Waals surface area (Å²) in [7, 11) is 1.54. The highest BCUT2D eigenvalue weighted by molar-refractivity contribution is 7.15. The van der Waals surface area contributed by atoms with Gasteiger partial charge in [-0.05, 0) is 23.8 Å². The van der Waals surface area contributed by atoms with Crippen LogP contribution in [0.25, 0.3) is 0 Å². The van der Waals surface area contributed by atoms with E-state index < -0.39 is 0 Å². The van der Waals surface area contributed by atoms with Gasteiger partial charge in [-0.3, -0.25) is 9.59 Å². The van der Waals surface area contributed by atoms with Crippen LogP contribution in [0.4, 0.5) is 5.13 Å². The Morgan fingerprint density at radius 1 is 1.07 bits per heavy atom. The molecule has 0 saturated heterocycles. The second-order valence-corrected chi connectivity index (χ2v) is 7.01. The third-order valence-electron chi connectivity index (χ3n) is 3.88. The molecule has 3 aromatic rings. The van der Waals surface area contributed by atoms with Gasteiger partial charge in [-0.1, -0.05) is 47.7 Å². The van der Waals surface area contributed by atoms with Gasteiger partial charge in [-0.15, -0.1) is 10.2 Å². The van der Waals surface area contributed by atoms with Crippen LogP contribution in [0, 0.1) is 0 Å². The Kier molecular flexibility index (Phi) is 6.69. The molecular formula is C20H20N4O3S. The Morgan fingerprint density at radius 2 is 1.89 bits per heavy atom. The molecule has 1 heterocycles. The molecule has 144 valence electrons. The van der Waals surface area contributed by atoms with E-state index in [1.165, 1.54) is 11.3 Å². The number of methoxy groups -OCH3 is 1. The largest absolute Gasteiger partial charge is 0.497 e. The van der Waals surface area contributed by atoms with Crippen molar-refractivity contribution in [1.29, 1.82) is 0 Å². The molecule has 1 aromatic heterocycles. The van der Waals surface area contributed by atoms with Crippen LogP contribution in [0.3, 0.4) is 0 Å². The summed E-state index contributed by atoms with van der Waals surface area (Å²) in [4.78, 5) is 24.2. The first kappa shape index (κ1) is 19.5. The number of carbonyl (C=O) groups excluding carboxylic acids is 2. The minimum absolute atomic E-state index is 0.142. The van der Waals surface area contributed by atoms with Gasteiger partial charge < -0.3 is 15.4 Å². The fraction of sp³-hybridized carbons (Fsp3) is 0.200. The Bertz CT molecular complexity index is 943. The lowest BCUT2D eigenvalue weighted by atomic mass is 10.2. The minimum Gasteiger partial charge on any atom is -0.497 e. The average Bonchev–Trinajstić information content (AvgIpc) is 3.15. The fourth-order valence-electron chi connectivity index (χ4n) is 2.48. The topological polar surface area (TPSA) is 93.2 Å². The molecule has 2 N–H and O–H groups in total. The van der Waals surface area contributed by atoms with E-state index in [4.69, 9.17) is 4.74 Å². The molecule has 0 atom stereocenters. The molecule has 0 saturated carbocycles. The first-order valence-corrected chi connectivity index (χ1v) is 9.54. The number of nitrogens with zero attached hydrogens (tertiary/aromatic N) is 2. The number of rotatable bonds is 8. The third-order valence-corrected chi connectivity index (χ3v) is 4.72. The Balaban J connectivity index is 1.44. The number of benzene rings is 2.